The molecule has 0 bridgehead atoms. The summed E-state index contributed by atoms with van der Waals surface area (Å²) in [5.41, 5.74) is 0. The first-order valence-corrected chi connectivity index (χ1v) is 3.25. The second kappa shape index (κ2) is 10.8. The summed E-state index contributed by atoms with van der Waals surface area (Å²) in [4.78, 5) is 2.21. The average molecular weight is 133 g/mol. The van der Waals surface area contributed by atoms with Gasteiger partial charge in [0.2, 0.25) is 0 Å². The summed E-state index contributed by atoms with van der Waals surface area (Å²) in [6, 6.07) is 0. The molecule has 58 valence electrons. The summed E-state index contributed by atoms with van der Waals surface area (Å²) < 4.78 is 0. The van der Waals surface area contributed by atoms with Crippen LogP contribution in [0.2, 0.25) is 0 Å². The second-order valence-corrected chi connectivity index (χ2v) is 2.16. The predicted molar refractivity (Wildman–Crippen MR) is 41.8 cm³/mol. The maximum atomic E-state index is 4.00. The van der Waals surface area contributed by atoms with Gasteiger partial charge in [-0.1, -0.05) is 13.3 Å². The lowest BCUT2D eigenvalue weighted by molar-refractivity contribution is 0.398. The van der Waals surface area contributed by atoms with Gasteiger partial charge in [-0.05, 0) is 27.1 Å². The zero-order chi connectivity index (χ0) is 7.70. The molecule has 3 nitrogen and oxygen atoms in total. The first-order chi connectivity index (χ1) is 4.27. The van der Waals surface area contributed by atoms with Gasteiger partial charge in [-0.2, -0.15) is 0 Å². The topological polar surface area (TPSA) is 55.3 Å². The molecule has 0 spiro atoms. The Labute approximate surface area is 58.0 Å². The SMILES string of the molecule is CCCCN(C)C.NN. The first-order valence-electron chi connectivity index (χ1n) is 3.25. The van der Waals surface area contributed by atoms with Crippen LogP contribution in [0.5, 0.6) is 0 Å². The Kier molecular flexibility index (Phi) is 14.0. The van der Waals surface area contributed by atoms with E-state index in [-0.39, 0.29) is 0 Å². The van der Waals surface area contributed by atoms with Crippen molar-refractivity contribution >= 4 is 0 Å². The van der Waals surface area contributed by atoms with Gasteiger partial charge in [0, 0.05) is 0 Å². The predicted octanol–water partition coefficient (Wildman–Crippen LogP) is 0.167. The zero-order valence-corrected chi connectivity index (χ0v) is 6.72. The third kappa shape index (κ3) is 18.1. The zero-order valence-electron chi connectivity index (χ0n) is 6.72. The molecule has 0 fully saturated rings. The van der Waals surface area contributed by atoms with E-state index in [0.717, 1.165) is 0 Å². The van der Waals surface area contributed by atoms with Gasteiger partial charge in [0.15, 0.2) is 0 Å². The van der Waals surface area contributed by atoms with Crippen molar-refractivity contribution in [2.24, 2.45) is 11.7 Å². The lowest BCUT2D eigenvalue weighted by Crippen LogP contribution is -2.12. The van der Waals surface area contributed by atoms with Gasteiger partial charge in [0.1, 0.15) is 0 Å². The van der Waals surface area contributed by atoms with Crippen LogP contribution in [0.1, 0.15) is 19.8 Å². The summed E-state index contributed by atoms with van der Waals surface area (Å²) in [7, 11) is 4.21. The molecule has 0 saturated heterocycles. The van der Waals surface area contributed by atoms with E-state index in [9.17, 15) is 0 Å². The minimum Gasteiger partial charge on any atom is -0.309 e. The second-order valence-electron chi connectivity index (χ2n) is 2.16. The van der Waals surface area contributed by atoms with Crippen molar-refractivity contribution in [2.45, 2.75) is 19.8 Å². The van der Waals surface area contributed by atoms with Crippen molar-refractivity contribution in [1.82, 2.24) is 4.90 Å². The molecule has 0 unspecified atom stereocenters. The minimum atomic E-state index is 1.23. The molecule has 0 aromatic rings. The number of hydrogen-bond acceptors (Lipinski definition) is 3. The summed E-state index contributed by atoms with van der Waals surface area (Å²) in [5.74, 6) is 8.00. The summed E-state index contributed by atoms with van der Waals surface area (Å²) in [6.07, 6.45) is 2.63. The highest BCUT2D eigenvalue weighted by molar-refractivity contribution is 4.39. The smallest absolute Gasteiger partial charge is 0.00249 e. The monoisotopic (exact) mass is 133 g/mol. The molecular formula is C6H19N3. The van der Waals surface area contributed by atoms with Crippen molar-refractivity contribution in [1.29, 1.82) is 0 Å². The normalized spacial score (nSPS) is 8.67. The summed E-state index contributed by atoms with van der Waals surface area (Å²) >= 11 is 0. The largest absolute Gasteiger partial charge is 0.309 e. The lowest BCUT2D eigenvalue weighted by atomic mass is 10.3. The fourth-order valence-electron chi connectivity index (χ4n) is 0.474. The molecule has 0 saturated carbocycles. The van der Waals surface area contributed by atoms with E-state index in [1.807, 2.05) is 0 Å². The number of unbranched alkanes of at least 4 members (excludes halogenated alkanes) is 1. The molecule has 0 aromatic carbocycles. The molecule has 0 heterocycles. The fraction of sp³-hybridized carbons (Fsp3) is 1.00. The van der Waals surface area contributed by atoms with E-state index in [2.05, 4.69) is 37.6 Å². The standard InChI is InChI=1S/C6H15N.H4N2/c1-4-5-6-7(2)3;1-2/h4-6H2,1-3H3;1-2H2. The molecule has 0 rings (SSSR count). The van der Waals surface area contributed by atoms with Crippen LogP contribution in [-0.4, -0.2) is 25.5 Å². The molecule has 3 heteroatoms. The molecule has 9 heavy (non-hydrogen) atoms. The summed E-state index contributed by atoms with van der Waals surface area (Å²) in [6.45, 7) is 3.44. The molecule has 0 aliphatic rings. The summed E-state index contributed by atoms with van der Waals surface area (Å²) in [5, 5.41) is 0. The van der Waals surface area contributed by atoms with E-state index < -0.39 is 0 Å². The van der Waals surface area contributed by atoms with Gasteiger partial charge < -0.3 is 4.90 Å². The van der Waals surface area contributed by atoms with Gasteiger partial charge in [-0.15, -0.1) is 0 Å². The van der Waals surface area contributed by atoms with Crippen LogP contribution in [0.15, 0.2) is 0 Å². The quantitative estimate of drug-likeness (QED) is 0.426. The molecule has 0 aliphatic heterocycles. The van der Waals surface area contributed by atoms with Crippen LogP contribution in [0.3, 0.4) is 0 Å². The minimum absolute atomic E-state index is 1.23. The third-order valence-electron chi connectivity index (χ3n) is 0.959. The number of hydrogen-bond donors (Lipinski definition) is 2. The number of hydrazine groups is 1. The number of nitrogens with zero attached hydrogens (tertiary/aromatic N) is 1. The average Bonchev–Trinajstić information content (AvgIpc) is 1.88. The van der Waals surface area contributed by atoms with Crippen molar-refractivity contribution in [3.63, 3.8) is 0 Å². The van der Waals surface area contributed by atoms with Gasteiger partial charge in [0.25, 0.3) is 0 Å². The highest BCUT2D eigenvalue weighted by Crippen LogP contribution is 1.86. The van der Waals surface area contributed by atoms with Gasteiger partial charge in [0.05, 0.1) is 0 Å². The van der Waals surface area contributed by atoms with Crippen molar-refractivity contribution in [3.8, 4) is 0 Å². The van der Waals surface area contributed by atoms with Crippen LogP contribution in [0, 0.1) is 0 Å². The lowest BCUT2D eigenvalue weighted by Gasteiger charge is -2.05. The molecular weight excluding hydrogens is 114 g/mol. The van der Waals surface area contributed by atoms with E-state index in [0.29, 0.717) is 0 Å². The molecule has 0 amide bonds. The van der Waals surface area contributed by atoms with E-state index in [1.165, 1.54) is 19.4 Å². The number of nitrogens with two attached hydrogens (primary N) is 2. The Morgan fingerprint density at radius 1 is 1.22 bits per heavy atom. The van der Waals surface area contributed by atoms with E-state index in [4.69, 9.17) is 0 Å². The molecule has 0 atom stereocenters. The van der Waals surface area contributed by atoms with Crippen LogP contribution < -0.4 is 11.7 Å². The highest BCUT2D eigenvalue weighted by Gasteiger charge is 1.83. The molecule has 0 aromatic heterocycles. The van der Waals surface area contributed by atoms with Crippen LogP contribution in [-0.2, 0) is 0 Å². The Balaban J connectivity index is 0. The van der Waals surface area contributed by atoms with Crippen molar-refractivity contribution in [2.75, 3.05) is 20.6 Å². The first kappa shape index (κ1) is 11.6. The Morgan fingerprint density at radius 2 is 1.67 bits per heavy atom. The van der Waals surface area contributed by atoms with Gasteiger partial charge in [-0.3, -0.25) is 11.7 Å². The fourth-order valence-corrected chi connectivity index (χ4v) is 0.474. The Bertz CT molecular complexity index is 37.3. The van der Waals surface area contributed by atoms with Crippen LogP contribution in [0.4, 0.5) is 0 Å². The van der Waals surface area contributed by atoms with Crippen molar-refractivity contribution in [3.05, 3.63) is 0 Å². The van der Waals surface area contributed by atoms with Crippen LogP contribution >= 0.6 is 0 Å². The number of rotatable bonds is 3. The maximum absolute atomic E-state index is 4.00. The van der Waals surface area contributed by atoms with E-state index in [1.54, 1.807) is 0 Å². The Morgan fingerprint density at radius 3 is 1.78 bits per heavy atom. The maximum Gasteiger partial charge on any atom is -0.00249 e. The molecule has 0 radical (unpaired) electrons. The van der Waals surface area contributed by atoms with Crippen LogP contribution in [0.25, 0.3) is 0 Å². The Hall–Kier alpha value is -0.120. The van der Waals surface area contributed by atoms with Crippen molar-refractivity contribution < 1.29 is 0 Å². The molecule has 4 N–H and O–H groups in total. The highest BCUT2D eigenvalue weighted by atomic mass is 15.0. The van der Waals surface area contributed by atoms with Gasteiger partial charge in [-0.25, -0.2) is 0 Å². The molecule has 0 aliphatic carbocycles. The van der Waals surface area contributed by atoms with Gasteiger partial charge >= 0.3 is 0 Å². The van der Waals surface area contributed by atoms with E-state index >= 15 is 0 Å². The third-order valence-corrected chi connectivity index (χ3v) is 0.959.